The first kappa shape index (κ1) is 13.3. The van der Waals surface area contributed by atoms with Gasteiger partial charge in [0, 0.05) is 15.8 Å². The van der Waals surface area contributed by atoms with Crippen LogP contribution in [0.5, 0.6) is 0 Å². The van der Waals surface area contributed by atoms with Crippen molar-refractivity contribution >= 4 is 23.4 Å². The van der Waals surface area contributed by atoms with Crippen LogP contribution in [0.15, 0.2) is 17.0 Å². The second-order valence-electron chi connectivity index (χ2n) is 4.88. The van der Waals surface area contributed by atoms with Crippen molar-refractivity contribution in [2.24, 2.45) is 0 Å². The van der Waals surface area contributed by atoms with Crippen LogP contribution in [0.4, 0.5) is 5.69 Å². The number of hydrogen-bond acceptors (Lipinski definition) is 3. The summed E-state index contributed by atoms with van der Waals surface area (Å²) in [6.45, 7) is 1.87. The lowest BCUT2D eigenvalue weighted by atomic mass is 10.0. The van der Waals surface area contributed by atoms with Crippen molar-refractivity contribution in [3.05, 3.63) is 23.3 Å². The fourth-order valence-corrected chi connectivity index (χ4v) is 3.77. The molecule has 0 bridgehead atoms. The first-order chi connectivity index (χ1) is 8.58. The molecule has 1 aliphatic rings. The minimum absolute atomic E-state index is 0.230. The summed E-state index contributed by atoms with van der Waals surface area (Å²) in [5.74, 6) is -0.943. The SMILES string of the molecule is Cc1cc(SC2CCCCC2)cc(C(=O)O)c1N. The number of nitrogens with two attached hydrogens (primary N) is 1. The van der Waals surface area contributed by atoms with Gasteiger partial charge in [-0.25, -0.2) is 4.79 Å². The topological polar surface area (TPSA) is 63.3 Å². The van der Waals surface area contributed by atoms with Crippen molar-refractivity contribution in [2.45, 2.75) is 49.2 Å². The number of aryl methyl sites for hydroxylation is 1. The molecule has 1 aliphatic carbocycles. The van der Waals surface area contributed by atoms with Crippen LogP contribution in [0.3, 0.4) is 0 Å². The van der Waals surface area contributed by atoms with Gasteiger partial charge in [0.05, 0.1) is 5.56 Å². The van der Waals surface area contributed by atoms with Crippen LogP contribution in [0.25, 0.3) is 0 Å². The smallest absolute Gasteiger partial charge is 0.337 e. The van der Waals surface area contributed by atoms with Crippen LogP contribution in [-0.4, -0.2) is 16.3 Å². The number of thioether (sulfide) groups is 1. The van der Waals surface area contributed by atoms with Crippen molar-refractivity contribution in [1.82, 2.24) is 0 Å². The minimum atomic E-state index is -0.943. The lowest BCUT2D eigenvalue weighted by molar-refractivity contribution is 0.0697. The maximum absolute atomic E-state index is 11.1. The van der Waals surface area contributed by atoms with E-state index in [1.807, 2.05) is 13.0 Å². The molecule has 4 heteroatoms. The van der Waals surface area contributed by atoms with Crippen LogP contribution in [-0.2, 0) is 0 Å². The van der Waals surface area contributed by atoms with E-state index in [2.05, 4.69) is 0 Å². The van der Waals surface area contributed by atoms with E-state index in [9.17, 15) is 4.79 Å². The van der Waals surface area contributed by atoms with E-state index in [1.165, 1.54) is 32.1 Å². The molecule has 0 heterocycles. The molecule has 0 aromatic heterocycles. The number of anilines is 1. The summed E-state index contributed by atoms with van der Waals surface area (Å²) >= 11 is 1.80. The monoisotopic (exact) mass is 265 g/mol. The predicted molar refractivity (Wildman–Crippen MR) is 75.3 cm³/mol. The molecule has 1 saturated carbocycles. The third-order valence-corrected chi connectivity index (χ3v) is 4.76. The lowest BCUT2D eigenvalue weighted by Gasteiger charge is -2.21. The van der Waals surface area contributed by atoms with Crippen LogP contribution >= 0.6 is 11.8 Å². The molecule has 18 heavy (non-hydrogen) atoms. The van der Waals surface area contributed by atoms with E-state index >= 15 is 0 Å². The Labute approximate surface area is 112 Å². The quantitative estimate of drug-likeness (QED) is 0.818. The van der Waals surface area contributed by atoms with E-state index in [1.54, 1.807) is 17.8 Å². The summed E-state index contributed by atoms with van der Waals surface area (Å²) in [6.07, 6.45) is 6.38. The van der Waals surface area contributed by atoms with Gasteiger partial charge in [-0.15, -0.1) is 11.8 Å². The Morgan fingerprint density at radius 2 is 2.00 bits per heavy atom. The Morgan fingerprint density at radius 3 is 2.61 bits per heavy atom. The highest BCUT2D eigenvalue weighted by molar-refractivity contribution is 8.00. The van der Waals surface area contributed by atoms with Gasteiger partial charge in [-0.1, -0.05) is 19.3 Å². The Morgan fingerprint density at radius 1 is 1.33 bits per heavy atom. The zero-order valence-corrected chi connectivity index (χ0v) is 11.4. The van der Waals surface area contributed by atoms with E-state index in [-0.39, 0.29) is 5.56 Å². The molecule has 0 amide bonds. The zero-order chi connectivity index (χ0) is 13.1. The third-order valence-electron chi connectivity index (χ3n) is 3.45. The van der Waals surface area contributed by atoms with Crippen molar-refractivity contribution in [2.75, 3.05) is 5.73 Å². The molecule has 2 rings (SSSR count). The molecule has 3 N–H and O–H groups in total. The molecule has 1 fully saturated rings. The van der Waals surface area contributed by atoms with Crippen molar-refractivity contribution in [1.29, 1.82) is 0 Å². The molecule has 0 saturated heterocycles. The third kappa shape index (κ3) is 2.99. The standard InChI is InChI=1S/C14H19NO2S/c1-9-7-11(8-12(13(9)15)14(16)17)18-10-5-3-2-4-6-10/h7-8,10H,2-6,15H2,1H3,(H,16,17). The van der Waals surface area contributed by atoms with E-state index in [0.717, 1.165) is 10.5 Å². The number of hydrogen-bond donors (Lipinski definition) is 2. The van der Waals surface area contributed by atoms with Gasteiger partial charge >= 0.3 is 5.97 Å². The first-order valence-corrected chi connectivity index (χ1v) is 7.26. The number of carboxylic acids is 1. The fraction of sp³-hybridized carbons (Fsp3) is 0.500. The lowest BCUT2D eigenvalue weighted by Crippen LogP contribution is -2.09. The predicted octanol–water partition coefficient (Wildman–Crippen LogP) is 3.70. The highest BCUT2D eigenvalue weighted by Gasteiger charge is 2.17. The molecule has 0 spiro atoms. The van der Waals surface area contributed by atoms with Gasteiger partial charge in [0.2, 0.25) is 0 Å². The number of nitrogen functional groups attached to an aromatic ring is 1. The van der Waals surface area contributed by atoms with Gasteiger partial charge < -0.3 is 10.8 Å². The van der Waals surface area contributed by atoms with Gasteiger partial charge in [-0.05, 0) is 37.5 Å². The molecule has 98 valence electrons. The van der Waals surface area contributed by atoms with Crippen molar-refractivity contribution in [3.8, 4) is 0 Å². The number of carbonyl (C=O) groups is 1. The van der Waals surface area contributed by atoms with Crippen molar-refractivity contribution in [3.63, 3.8) is 0 Å². The van der Waals surface area contributed by atoms with E-state index < -0.39 is 5.97 Å². The van der Waals surface area contributed by atoms with Gasteiger partial charge in [-0.3, -0.25) is 0 Å². The Balaban J connectivity index is 2.20. The molecular formula is C14H19NO2S. The number of aromatic carboxylic acids is 1. The van der Waals surface area contributed by atoms with Crippen LogP contribution in [0.2, 0.25) is 0 Å². The van der Waals surface area contributed by atoms with Gasteiger partial charge in [-0.2, -0.15) is 0 Å². The van der Waals surface area contributed by atoms with E-state index in [0.29, 0.717) is 10.9 Å². The second-order valence-corrected chi connectivity index (χ2v) is 6.26. The summed E-state index contributed by atoms with van der Waals surface area (Å²) in [5, 5.41) is 9.76. The Bertz CT molecular complexity index is 453. The van der Waals surface area contributed by atoms with Gasteiger partial charge in [0.15, 0.2) is 0 Å². The first-order valence-electron chi connectivity index (χ1n) is 6.38. The summed E-state index contributed by atoms with van der Waals surface area (Å²) in [5.41, 5.74) is 7.26. The summed E-state index contributed by atoms with van der Waals surface area (Å²) in [6, 6.07) is 3.71. The zero-order valence-electron chi connectivity index (χ0n) is 10.6. The highest BCUT2D eigenvalue weighted by atomic mass is 32.2. The van der Waals surface area contributed by atoms with Crippen LogP contribution < -0.4 is 5.73 Å². The molecular weight excluding hydrogens is 246 g/mol. The Hall–Kier alpha value is -1.16. The molecule has 0 aliphatic heterocycles. The maximum atomic E-state index is 11.1. The number of benzene rings is 1. The fourth-order valence-electron chi connectivity index (χ4n) is 2.39. The largest absolute Gasteiger partial charge is 0.478 e. The maximum Gasteiger partial charge on any atom is 0.337 e. The molecule has 0 radical (unpaired) electrons. The normalized spacial score (nSPS) is 16.7. The Kier molecular flexibility index (Phi) is 4.17. The molecule has 0 unspecified atom stereocenters. The second kappa shape index (κ2) is 5.65. The summed E-state index contributed by atoms with van der Waals surface area (Å²) in [7, 11) is 0. The number of carboxylic acid groups (broad SMARTS) is 1. The summed E-state index contributed by atoms with van der Waals surface area (Å²) < 4.78 is 0. The average Bonchev–Trinajstić information content (AvgIpc) is 2.34. The van der Waals surface area contributed by atoms with Gasteiger partial charge in [0.1, 0.15) is 0 Å². The summed E-state index contributed by atoms with van der Waals surface area (Å²) in [4.78, 5) is 12.2. The highest BCUT2D eigenvalue weighted by Crippen LogP contribution is 2.35. The van der Waals surface area contributed by atoms with Crippen LogP contribution in [0.1, 0.15) is 48.0 Å². The van der Waals surface area contributed by atoms with Crippen molar-refractivity contribution < 1.29 is 9.90 Å². The van der Waals surface area contributed by atoms with E-state index in [4.69, 9.17) is 10.8 Å². The molecule has 1 aromatic carbocycles. The molecule has 3 nitrogen and oxygen atoms in total. The molecule has 0 atom stereocenters. The molecule has 1 aromatic rings. The average molecular weight is 265 g/mol. The minimum Gasteiger partial charge on any atom is -0.478 e. The number of rotatable bonds is 3. The van der Waals surface area contributed by atoms with Gasteiger partial charge in [0.25, 0.3) is 0 Å². The van der Waals surface area contributed by atoms with Crippen LogP contribution in [0, 0.1) is 6.92 Å².